The molecule has 0 spiro atoms. The lowest BCUT2D eigenvalue weighted by Crippen LogP contribution is -2.30. The average molecular weight is 330 g/mol. The van der Waals surface area contributed by atoms with Crippen molar-refractivity contribution in [1.82, 2.24) is 10.2 Å². The lowest BCUT2D eigenvalue weighted by molar-refractivity contribution is 0.0171. The van der Waals surface area contributed by atoms with Gasteiger partial charge in [0.15, 0.2) is 0 Å². The molecule has 4 nitrogen and oxygen atoms in total. The Hall–Kier alpha value is -2.01. The van der Waals surface area contributed by atoms with E-state index in [9.17, 15) is 4.39 Å². The number of aryl methyl sites for hydroxylation is 1. The predicted octanol–water partition coefficient (Wildman–Crippen LogP) is 4.61. The highest BCUT2D eigenvalue weighted by Gasteiger charge is 2.40. The molecule has 3 rings (SSSR count). The summed E-state index contributed by atoms with van der Waals surface area (Å²) in [5.41, 5.74) is 1.53. The zero-order valence-corrected chi connectivity index (χ0v) is 14.5. The van der Waals surface area contributed by atoms with Crippen molar-refractivity contribution < 1.29 is 13.5 Å². The van der Waals surface area contributed by atoms with Gasteiger partial charge in [0.2, 0.25) is 11.8 Å². The van der Waals surface area contributed by atoms with E-state index in [1.54, 1.807) is 25.1 Å². The van der Waals surface area contributed by atoms with Crippen LogP contribution in [-0.4, -0.2) is 22.9 Å². The Balaban J connectivity index is 1.76. The van der Waals surface area contributed by atoms with E-state index in [-0.39, 0.29) is 23.3 Å². The molecular formula is C19H23FN2O2. The van der Waals surface area contributed by atoms with E-state index in [0.29, 0.717) is 17.3 Å². The standard InChI is InChI=1S/C19H23FN2O2/c1-12-11-13(5-7-15(12)20)6-8-16-21-22-18(24-16)14-9-10-23-17(14)19(2,3)4/h5-8,11,14,17H,9-10H2,1-4H3/b8-6+/t14-,17-/m1/s1. The van der Waals surface area contributed by atoms with Gasteiger partial charge in [-0.25, -0.2) is 4.39 Å². The minimum atomic E-state index is -0.207. The summed E-state index contributed by atoms with van der Waals surface area (Å²) in [7, 11) is 0. The summed E-state index contributed by atoms with van der Waals surface area (Å²) in [6.07, 6.45) is 4.57. The third-order valence-corrected chi connectivity index (χ3v) is 4.32. The molecule has 1 saturated heterocycles. The first-order valence-electron chi connectivity index (χ1n) is 8.24. The second-order valence-corrected chi connectivity index (χ2v) is 7.37. The molecule has 2 aromatic rings. The van der Waals surface area contributed by atoms with Gasteiger partial charge in [-0.05, 0) is 48.1 Å². The van der Waals surface area contributed by atoms with Crippen molar-refractivity contribution in [3.8, 4) is 0 Å². The van der Waals surface area contributed by atoms with Crippen LogP contribution in [0, 0.1) is 18.2 Å². The molecule has 1 fully saturated rings. The third kappa shape index (κ3) is 3.56. The molecule has 0 aliphatic carbocycles. The van der Waals surface area contributed by atoms with Crippen molar-refractivity contribution in [2.75, 3.05) is 6.61 Å². The van der Waals surface area contributed by atoms with E-state index in [1.807, 2.05) is 6.08 Å². The maximum Gasteiger partial charge on any atom is 0.240 e. The Morgan fingerprint density at radius 2 is 2.00 bits per heavy atom. The average Bonchev–Trinajstić information content (AvgIpc) is 3.15. The maximum atomic E-state index is 13.3. The van der Waals surface area contributed by atoms with Crippen molar-refractivity contribution in [3.63, 3.8) is 0 Å². The Labute approximate surface area is 141 Å². The van der Waals surface area contributed by atoms with Crippen LogP contribution in [0.5, 0.6) is 0 Å². The first kappa shape index (κ1) is 16.8. The molecule has 0 radical (unpaired) electrons. The summed E-state index contributed by atoms with van der Waals surface area (Å²) in [6.45, 7) is 8.93. The molecule has 1 aliphatic rings. The van der Waals surface area contributed by atoms with Crippen molar-refractivity contribution in [3.05, 3.63) is 46.9 Å². The van der Waals surface area contributed by atoms with Crippen LogP contribution in [0.4, 0.5) is 4.39 Å². The zero-order chi connectivity index (χ0) is 17.3. The Morgan fingerprint density at radius 3 is 2.71 bits per heavy atom. The molecule has 0 unspecified atom stereocenters. The van der Waals surface area contributed by atoms with Gasteiger partial charge in [0, 0.05) is 12.7 Å². The van der Waals surface area contributed by atoms with Gasteiger partial charge in [-0.3, -0.25) is 0 Å². The van der Waals surface area contributed by atoms with E-state index < -0.39 is 0 Å². The number of hydrogen-bond acceptors (Lipinski definition) is 4. The van der Waals surface area contributed by atoms with E-state index >= 15 is 0 Å². The van der Waals surface area contributed by atoms with Crippen molar-refractivity contribution in [2.45, 2.75) is 46.1 Å². The molecular weight excluding hydrogens is 307 g/mol. The molecule has 0 saturated carbocycles. The van der Waals surface area contributed by atoms with Crippen LogP contribution >= 0.6 is 0 Å². The Kier molecular flexibility index (Phi) is 4.54. The lowest BCUT2D eigenvalue weighted by Gasteiger charge is -2.29. The van der Waals surface area contributed by atoms with Gasteiger partial charge >= 0.3 is 0 Å². The van der Waals surface area contributed by atoms with Crippen LogP contribution in [0.2, 0.25) is 0 Å². The molecule has 0 bridgehead atoms. The van der Waals surface area contributed by atoms with E-state index in [1.165, 1.54) is 6.07 Å². The summed E-state index contributed by atoms with van der Waals surface area (Å²) in [5, 5.41) is 8.30. The quantitative estimate of drug-likeness (QED) is 0.825. The maximum absolute atomic E-state index is 13.3. The van der Waals surface area contributed by atoms with Crippen LogP contribution in [0.25, 0.3) is 12.2 Å². The molecule has 128 valence electrons. The predicted molar refractivity (Wildman–Crippen MR) is 90.9 cm³/mol. The third-order valence-electron chi connectivity index (χ3n) is 4.32. The molecule has 1 aromatic heterocycles. The van der Waals surface area contributed by atoms with Crippen LogP contribution in [0.1, 0.15) is 56.0 Å². The summed E-state index contributed by atoms with van der Waals surface area (Å²) in [6, 6.07) is 4.96. The minimum absolute atomic E-state index is 0.0251. The highest BCUT2D eigenvalue weighted by atomic mass is 19.1. The summed E-state index contributed by atoms with van der Waals surface area (Å²) in [5.74, 6) is 1.00. The van der Waals surface area contributed by atoms with Gasteiger partial charge in [-0.1, -0.05) is 26.8 Å². The summed E-state index contributed by atoms with van der Waals surface area (Å²) >= 11 is 0. The monoisotopic (exact) mass is 330 g/mol. The second kappa shape index (κ2) is 6.48. The number of rotatable bonds is 3. The zero-order valence-electron chi connectivity index (χ0n) is 14.5. The normalized spacial score (nSPS) is 21.7. The smallest absolute Gasteiger partial charge is 0.240 e. The minimum Gasteiger partial charge on any atom is -0.421 e. The van der Waals surface area contributed by atoms with Gasteiger partial charge in [0.05, 0.1) is 12.0 Å². The number of benzene rings is 1. The first-order valence-corrected chi connectivity index (χ1v) is 8.24. The molecule has 0 amide bonds. The molecule has 5 heteroatoms. The SMILES string of the molecule is Cc1cc(/C=C/c2nnc([C@@H]3CCO[C@H]3C(C)(C)C)o2)ccc1F. The van der Waals surface area contributed by atoms with Gasteiger partial charge in [-0.15, -0.1) is 10.2 Å². The topological polar surface area (TPSA) is 48.2 Å². The number of halogens is 1. The van der Waals surface area contributed by atoms with Crippen LogP contribution in [0.15, 0.2) is 22.6 Å². The molecule has 1 aromatic carbocycles. The fourth-order valence-corrected chi connectivity index (χ4v) is 3.10. The van der Waals surface area contributed by atoms with Crippen LogP contribution in [-0.2, 0) is 4.74 Å². The van der Waals surface area contributed by atoms with Crippen LogP contribution in [0.3, 0.4) is 0 Å². The summed E-state index contributed by atoms with van der Waals surface area (Å²) in [4.78, 5) is 0. The molecule has 1 aliphatic heterocycles. The van der Waals surface area contributed by atoms with E-state index in [4.69, 9.17) is 9.15 Å². The lowest BCUT2D eigenvalue weighted by atomic mass is 9.81. The Morgan fingerprint density at radius 1 is 1.21 bits per heavy atom. The van der Waals surface area contributed by atoms with Crippen LogP contribution < -0.4 is 0 Å². The van der Waals surface area contributed by atoms with Gasteiger partial charge in [0.25, 0.3) is 0 Å². The number of aromatic nitrogens is 2. The number of ether oxygens (including phenoxy) is 1. The fraction of sp³-hybridized carbons (Fsp3) is 0.474. The molecule has 24 heavy (non-hydrogen) atoms. The first-order chi connectivity index (χ1) is 11.3. The molecule has 0 N–H and O–H groups in total. The fourth-order valence-electron chi connectivity index (χ4n) is 3.10. The van der Waals surface area contributed by atoms with E-state index in [2.05, 4.69) is 31.0 Å². The van der Waals surface area contributed by atoms with Crippen molar-refractivity contribution >= 4 is 12.2 Å². The number of nitrogens with zero attached hydrogens (tertiary/aromatic N) is 2. The second-order valence-electron chi connectivity index (χ2n) is 7.37. The van der Waals surface area contributed by atoms with E-state index in [0.717, 1.165) is 18.6 Å². The van der Waals surface area contributed by atoms with Gasteiger partial charge < -0.3 is 9.15 Å². The molecule has 2 atom stereocenters. The van der Waals surface area contributed by atoms with Gasteiger partial charge in [0.1, 0.15) is 5.82 Å². The molecule has 2 heterocycles. The Bertz CT molecular complexity index is 746. The highest BCUT2D eigenvalue weighted by molar-refractivity contribution is 5.66. The van der Waals surface area contributed by atoms with Crippen molar-refractivity contribution in [1.29, 1.82) is 0 Å². The highest BCUT2D eigenvalue weighted by Crippen LogP contribution is 2.40. The largest absolute Gasteiger partial charge is 0.421 e. The van der Waals surface area contributed by atoms with Gasteiger partial charge in [-0.2, -0.15) is 0 Å². The number of hydrogen-bond donors (Lipinski definition) is 0. The van der Waals surface area contributed by atoms with Crippen molar-refractivity contribution in [2.24, 2.45) is 5.41 Å². The summed E-state index contributed by atoms with van der Waals surface area (Å²) < 4.78 is 25.0.